The SMILES string of the molecule is COc1ccc(OC)c(CNCc2cccn2-c2nnc(N3CCOCC3)s2)c1. The second kappa shape index (κ2) is 9.25. The molecule has 0 aliphatic carbocycles. The molecule has 1 aliphatic rings. The molecule has 4 rings (SSSR count). The zero-order valence-corrected chi connectivity index (χ0v) is 17.4. The fraction of sp³-hybridized carbons (Fsp3) is 0.400. The topological polar surface area (TPSA) is 73.7 Å². The van der Waals surface area contributed by atoms with Crippen molar-refractivity contribution >= 4 is 16.5 Å². The van der Waals surface area contributed by atoms with Crippen molar-refractivity contribution in [3.8, 4) is 16.6 Å². The Balaban J connectivity index is 1.42. The number of rotatable bonds is 8. The largest absolute Gasteiger partial charge is 0.497 e. The summed E-state index contributed by atoms with van der Waals surface area (Å²) in [7, 11) is 3.34. The van der Waals surface area contributed by atoms with E-state index in [0.29, 0.717) is 13.1 Å². The summed E-state index contributed by atoms with van der Waals surface area (Å²) in [5.74, 6) is 1.66. The molecule has 3 aromatic rings. The first kappa shape index (κ1) is 19.7. The highest BCUT2D eigenvalue weighted by molar-refractivity contribution is 7.17. The number of ether oxygens (including phenoxy) is 3. The molecule has 2 aromatic heterocycles. The first-order valence-electron chi connectivity index (χ1n) is 9.53. The molecular formula is C20H25N5O3S. The maximum atomic E-state index is 5.46. The molecule has 154 valence electrons. The lowest BCUT2D eigenvalue weighted by molar-refractivity contribution is 0.122. The van der Waals surface area contributed by atoms with Gasteiger partial charge in [0.15, 0.2) is 0 Å². The Morgan fingerprint density at radius 2 is 1.90 bits per heavy atom. The van der Waals surface area contributed by atoms with Gasteiger partial charge in [-0.05, 0) is 30.3 Å². The summed E-state index contributed by atoms with van der Waals surface area (Å²) in [5.41, 5.74) is 2.17. The molecule has 0 radical (unpaired) electrons. The Labute approximate surface area is 174 Å². The monoisotopic (exact) mass is 415 g/mol. The van der Waals surface area contributed by atoms with Crippen molar-refractivity contribution in [2.75, 3.05) is 45.4 Å². The average Bonchev–Trinajstić information content (AvgIpc) is 3.43. The van der Waals surface area contributed by atoms with Gasteiger partial charge in [0.2, 0.25) is 10.3 Å². The van der Waals surface area contributed by atoms with E-state index in [1.165, 1.54) is 0 Å². The smallest absolute Gasteiger partial charge is 0.218 e. The number of nitrogens with zero attached hydrogens (tertiary/aromatic N) is 4. The molecule has 3 heterocycles. The number of hydrogen-bond acceptors (Lipinski definition) is 8. The minimum Gasteiger partial charge on any atom is -0.497 e. The lowest BCUT2D eigenvalue weighted by Gasteiger charge is -2.25. The Bertz CT molecular complexity index is 936. The van der Waals surface area contributed by atoms with Crippen LogP contribution >= 0.6 is 11.3 Å². The number of methoxy groups -OCH3 is 2. The van der Waals surface area contributed by atoms with Gasteiger partial charge in [0.25, 0.3) is 0 Å². The van der Waals surface area contributed by atoms with E-state index >= 15 is 0 Å². The maximum absolute atomic E-state index is 5.46. The lowest BCUT2D eigenvalue weighted by atomic mass is 10.2. The highest BCUT2D eigenvalue weighted by Gasteiger charge is 2.17. The van der Waals surface area contributed by atoms with Gasteiger partial charge in [0.1, 0.15) is 11.5 Å². The zero-order chi connectivity index (χ0) is 20.1. The van der Waals surface area contributed by atoms with Crippen molar-refractivity contribution in [1.29, 1.82) is 0 Å². The fourth-order valence-corrected chi connectivity index (χ4v) is 4.19. The van der Waals surface area contributed by atoms with Gasteiger partial charge in [-0.2, -0.15) is 0 Å². The summed E-state index contributed by atoms with van der Waals surface area (Å²) in [4.78, 5) is 2.22. The summed E-state index contributed by atoms with van der Waals surface area (Å²) in [6, 6.07) is 9.93. The first-order valence-corrected chi connectivity index (χ1v) is 10.3. The Hall–Kier alpha value is -2.62. The molecule has 0 spiro atoms. The quantitative estimate of drug-likeness (QED) is 0.606. The molecule has 0 bridgehead atoms. The van der Waals surface area contributed by atoms with Gasteiger partial charge in [-0.15, -0.1) is 10.2 Å². The summed E-state index contributed by atoms with van der Waals surface area (Å²) in [5, 5.41) is 14.1. The summed E-state index contributed by atoms with van der Waals surface area (Å²) < 4.78 is 18.3. The van der Waals surface area contributed by atoms with Crippen LogP contribution in [0.4, 0.5) is 5.13 Å². The van der Waals surface area contributed by atoms with E-state index < -0.39 is 0 Å². The van der Waals surface area contributed by atoms with E-state index in [-0.39, 0.29) is 0 Å². The molecular weight excluding hydrogens is 390 g/mol. The van der Waals surface area contributed by atoms with Gasteiger partial charge < -0.3 is 24.4 Å². The Morgan fingerprint density at radius 3 is 2.69 bits per heavy atom. The van der Waals surface area contributed by atoms with E-state index in [9.17, 15) is 0 Å². The number of morpholine rings is 1. The average molecular weight is 416 g/mol. The van der Waals surface area contributed by atoms with E-state index in [4.69, 9.17) is 14.2 Å². The highest BCUT2D eigenvalue weighted by atomic mass is 32.1. The Morgan fingerprint density at radius 1 is 1.07 bits per heavy atom. The maximum Gasteiger partial charge on any atom is 0.218 e. The predicted octanol–water partition coefficient (Wildman–Crippen LogP) is 2.47. The molecule has 29 heavy (non-hydrogen) atoms. The van der Waals surface area contributed by atoms with E-state index in [2.05, 4.69) is 31.0 Å². The predicted molar refractivity (Wildman–Crippen MR) is 112 cm³/mol. The van der Waals surface area contributed by atoms with Crippen LogP contribution in [0.15, 0.2) is 36.5 Å². The van der Waals surface area contributed by atoms with Crippen molar-refractivity contribution in [1.82, 2.24) is 20.1 Å². The van der Waals surface area contributed by atoms with Crippen LogP contribution < -0.4 is 19.7 Å². The minimum atomic E-state index is 0.667. The van der Waals surface area contributed by atoms with E-state index in [1.54, 1.807) is 25.6 Å². The van der Waals surface area contributed by atoms with Gasteiger partial charge in [0.05, 0.1) is 27.4 Å². The van der Waals surface area contributed by atoms with Crippen molar-refractivity contribution in [3.05, 3.63) is 47.8 Å². The number of hydrogen-bond donors (Lipinski definition) is 1. The van der Waals surface area contributed by atoms with Crippen molar-refractivity contribution in [3.63, 3.8) is 0 Å². The highest BCUT2D eigenvalue weighted by Crippen LogP contribution is 2.26. The van der Waals surface area contributed by atoms with Crippen LogP contribution in [0.1, 0.15) is 11.3 Å². The molecule has 1 fully saturated rings. The molecule has 1 saturated heterocycles. The van der Waals surface area contributed by atoms with Crippen LogP contribution in [0.3, 0.4) is 0 Å². The number of benzene rings is 1. The van der Waals surface area contributed by atoms with E-state index in [1.807, 2.05) is 30.5 Å². The van der Waals surface area contributed by atoms with Crippen LogP contribution in [0.2, 0.25) is 0 Å². The summed E-state index contributed by atoms with van der Waals surface area (Å²) in [6.45, 7) is 4.55. The van der Waals surface area contributed by atoms with Crippen molar-refractivity contribution in [2.24, 2.45) is 0 Å². The van der Waals surface area contributed by atoms with Crippen molar-refractivity contribution in [2.45, 2.75) is 13.1 Å². The molecule has 0 saturated carbocycles. The van der Waals surface area contributed by atoms with Crippen LogP contribution in [0.25, 0.3) is 5.13 Å². The van der Waals surface area contributed by atoms with Crippen LogP contribution in [0.5, 0.6) is 11.5 Å². The van der Waals surface area contributed by atoms with Gasteiger partial charge in [-0.1, -0.05) is 11.3 Å². The second-order valence-electron chi connectivity index (χ2n) is 6.62. The number of aromatic nitrogens is 3. The molecule has 0 atom stereocenters. The third-order valence-electron chi connectivity index (χ3n) is 4.83. The first-order chi connectivity index (χ1) is 14.3. The third-order valence-corrected chi connectivity index (χ3v) is 5.82. The van der Waals surface area contributed by atoms with Gasteiger partial charge in [-0.25, -0.2) is 0 Å². The summed E-state index contributed by atoms with van der Waals surface area (Å²) >= 11 is 1.60. The normalized spacial score (nSPS) is 14.2. The second-order valence-corrected chi connectivity index (χ2v) is 7.55. The molecule has 0 amide bonds. The lowest BCUT2D eigenvalue weighted by Crippen LogP contribution is -2.36. The standard InChI is InChI=1S/C20H25N5O3S/c1-26-17-5-6-18(27-2)15(12-17)13-21-14-16-4-3-7-25(16)20-23-22-19(29-20)24-8-10-28-11-9-24/h3-7,12,21H,8-11,13-14H2,1-2H3. The van der Waals surface area contributed by atoms with Gasteiger partial charge in [-0.3, -0.25) is 4.57 Å². The van der Waals surface area contributed by atoms with Crippen LogP contribution in [-0.2, 0) is 17.8 Å². The zero-order valence-electron chi connectivity index (χ0n) is 16.6. The van der Waals surface area contributed by atoms with E-state index in [0.717, 1.165) is 59.3 Å². The Kier molecular flexibility index (Phi) is 6.28. The minimum absolute atomic E-state index is 0.667. The molecule has 1 N–H and O–H groups in total. The molecule has 9 heteroatoms. The van der Waals surface area contributed by atoms with Gasteiger partial charge in [0, 0.05) is 43.6 Å². The third kappa shape index (κ3) is 4.52. The molecule has 1 aliphatic heterocycles. The molecule has 8 nitrogen and oxygen atoms in total. The number of nitrogens with one attached hydrogen (secondary N) is 1. The molecule has 0 unspecified atom stereocenters. The van der Waals surface area contributed by atoms with Crippen LogP contribution in [-0.4, -0.2) is 55.3 Å². The molecule has 1 aromatic carbocycles. The fourth-order valence-electron chi connectivity index (χ4n) is 3.28. The number of anilines is 1. The summed E-state index contributed by atoms with van der Waals surface area (Å²) in [6.07, 6.45) is 2.02. The van der Waals surface area contributed by atoms with Gasteiger partial charge >= 0.3 is 0 Å². The van der Waals surface area contributed by atoms with Crippen molar-refractivity contribution < 1.29 is 14.2 Å². The van der Waals surface area contributed by atoms with Crippen LogP contribution in [0, 0.1) is 0 Å².